The van der Waals surface area contributed by atoms with Crippen molar-refractivity contribution < 1.29 is 27.9 Å². The maximum absolute atomic E-state index is 12.6. The van der Waals surface area contributed by atoms with Gasteiger partial charge in [-0.15, -0.1) is 0 Å². The second-order valence-corrected chi connectivity index (χ2v) is 7.14. The molecule has 6 nitrogen and oxygen atoms in total. The maximum atomic E-state index is 12.6. The standard InChI is InChI=1S/C21H22F3N3O3/c22-21(23,24)15-3-7-17(8-4-15)26-20(30)25-16-5-1-14(2-6-16)13-19(29)27-11-9-18(28)10-12-27/h1-8,18,28H,9-13H2,(H2,25,26,30). The molecule has 30 heavy (non-hydrogen) atoms. The summed E-state index contributed by atoms with van der Waals surface area (Å²) in [7, 11) is 0. The number of nitrogens with one attached hydrogen (secondary N) is 2. The molecule has 0 aromatic heterocycles. The number of amides is 3. The molecule has 1 aliphatic rings. The average molecular weight is 421 g/mol. The Morgan fingerprint density at radius 2 is 1.43 bits per heavy atom. The molecule has 0 atom stereocenters. The van der Waals surface area contributed by atoms with Gasteiger partial charge in [0.15, 0.2) is 0 Å². The van der Waals surface area contributed by atoms with Gasteiger partial charge in [0, 0.05) is 24.5 Å². The number of aliphatic hydroxyl groups excluding tert-OH is 1. The molecule has 0 radical (unpaired) electrons. The summed E-state index contributed by atoms with van der Waals surface area (Å²) in [6.45, 7) is 1.09. The molecule has 3 N–H and O–H groups in total. The second kappa shape index (κ2) is 9.17. The first-order valence-corrected chi connectivity index (χ1v) is 9.51. The normalized spacial score (nSPS) is 15.0. The number of benzene rings is 2. The highest BCUT2D eigenvalue weighted by molar-refractivity contribution is 5.99. The highest BCUT2D eigenvalue weighted by Gasteiger charge is 2.30. The molecule has 3 amide bonds. The van der Waals surface area contributed by atoms with Crippen LogP contribution in [-0.4, -0.2) is 41.1 Å². The van der Waals surface area contributed by atoms with Crippen LogP contribution in [0.1, 0.15) is 24.0 Å². The van der Waals surface area contributed by atoms with Crippen LogP contribution in [0.2, 0.25) is 0 Å². The lowest BCUT2D eigenvalue weighted by molar-refractivity contribution is -0.137. The molecule has 0 unspecified atom stereocenters. The quantitative estimate of drug-likeness (QED) is 0.701. The van der Waals surface area contributed by atoms with Crippen LogP contribution in [0.3, 0.4) is 0 Å². The lowest BCUT2D eigenvalue weighted by atomic mass is 10.1. The van der Waals surface area contributed by atoms with Gasteiger partial charge in [0.1, 0.15) is 0 Å². The Hall–Kier alpha value is -3.07. The van der Waals surface area contributed by atoms with Gasteiger partial charge in [-0.3, -0.25) is 4.79 Å². The highest BCUT2D eigenvalue weighted by atomic mass is 19.4. The Morgan fingerprint density at radius 1 is 0.933 bits per heavy atom. The van der Waals surface area contributed by atoms with Crippen LogP contribution in [-0.2, 0) is 17.4 Å². The number of aliphatic hydroxyl groups is 1. The number of anilines is 2. The van der Waals surface area contributed by atoms with Crippen LogP contribution in [0.5, 0.6) is 0 Å². The van der Waals surface area contributed by atoms with Gasteiger partial charge in [0.2, 0.25) is 5.91 Å². The zero-order chi connectivity index (χ0) is 21.7. The summed E-state index contributed by atoms with van der Waals surface area (Å²) in [5.41, 5.74) is 0.713. The molecule has 160 valence electrons. The van der Waals surface area contributed by atoms with Crippen molar-refractivity contribution in [3.8, 4) is 0 Å². The van der Waals surface area contributed by atoms with E-state index in [9.17, 15) is 27.9 Å². The number of hydrogen-bond donors (Lipinski definition) is 3. The van der Waals surface area contributed by atoms with Gasteiger partial charge in [-0.05, 0) is 54.8 Å². The summed E-state index contributed by atoms with van der Waals surface area (Å²) < 4.78 is 37.7. The van der Waals surface area contributed by atoms with Crippen molar-refractivity contribution in [1.82, 2.24) is 4.90 Å². The zero-order valence-electron chi connectivity index (χ0n) is 16.1. The van der Waals surface area contributed by atoms with Gasteiger partial charge in [-0.1, -0.05) is 12.1 Å². The third-order valence-corrected chi connectivity index (χ3v) is 4.85. The molecular weight excluding hydrogens is 399 g/mol. The number of carbonyl (C=O) groups excluding carboxylic acids is 2. The summed E-state index contributed by atoms with van der Waals surface area (Å²) >= 11 is 0. The van der Waals surface area contributed by atoms with Crippen molar-refractivity contribution in [2.24, 2.45) is 0 Å². The van der Waals surface area contributed by atoms with Gasteiger partial charge in [0.05, 0.1) is 18.1 Å². The third-order valence-electron chi connectivity index (χ3n) is 4.85. The summed E-state index contributed by atoms with van der Waals surface area (Å²) in [6, 6.07) is 10.3. The molecule has 1 aliphatic heterocycles. The molecule has 0 saturated carbocycles. The third kappa shape index (κ3) is 5.96. The summed E-state index contributed by atoms with van der Waals surface area (Å²) in [6.07, 6.45) is -3.37. The van der Waals surface area contributed by atoms with Gasteiger partial charge < -0.3 is 20.6 Å². The summed E-state index contributed by atoms with van der Waals surface area (Å²) in [5, 5.41) is 14.6. The van der Waals surface area contributed by atoms with Crippen LogP contribution >= 0.6 is 0 Å². The largest absolute Gasteiger partial charge is 0.416 e. The minimum absolute atomic E-state index is 0.0114. The molecular formula is C21H22F3N3O3. The van der Waals surface area contributed by atoms with Gasteiger partial charge >= 0.3 is 12.2 Å². The van der Waals surface area contributed by atoms with Crippen LogP contribution in [0, 0.1) is 0 Å². The first-order valence-electron chi connectivity index (χ1n) is 9.51. The second-order valence-electron chi connectivity index (χ2n) is 7.14. The maximum Gasteiger partial charge on any atom is 0.416 e. The predicted octanol–water partition coefficient (Wildman–Crippen LogP) is 3.88. The van der Waals surface area contributed by atoms with E-state index in [-0.39, 0.29) is 24.1 Å². The summed E-state index contributed by atoms with van der Waals surface area (Å²) in [5.74, 6) is -0.0114. The van der Waals surface area contributed by atoms with Crippen LogP contribution in [0.4, 0.5) is 29.3 Å². The smallest absolute Gasteiger partial charge is 0.393 e. The predicted molar refractivity (Wildman–Crippen MR) is 106 cm³/mol. The Bertz CT molecular complexity index is 875. The molecule has 3 rings (SSSR count). The number of urea groups is 1. The number of halogens is 3. The molecule has 0 bridgehead atoms. The van der Waals surface area contributed by atoms with Crippen molar-refractivity contribution in [1.29, 1.82) is 0 Å². The topological polar surface area (TPSA) is 81.7 Å². The minimum Gasteiger partial charge on any atom is -0.393 e. The molecule has 0 spiro atoms. The van der Waals surface area contributed by atoms with E-state index in [1.54, 1.807) is 29.2 Å². The van der Waals surface area contributed by atoms with Gasteiger partial charge in [-0.25, -0.2) is 4.79 Å². The molecule has 2 aromatic rings. The molecule has 1 saturated heterocycles. The van der Waals surface area contributed by atoms with E-state index in [1.807, 2.05) is 0 Å². The van der Waals surface area contributed by atoms with E-state index in [0.717, 1.165) is 17.7 Å². The van der Waals surface area contributed by atoms with E-state index in [0.29, 0.717) is 31.6 Å². The van der Waals surface area contributed by atoms with Gasteiger partial charge in [-0.2, -0.15) is 13.2 Å². The number of nitrogens with zero attached hydrogens (tertiary/aromatic N) is 1. The van der Waals surface area contributed by atoms with Crippen LogP contribution < -0.4 is 10.6 Å². The van der Waals surface area contributed by atoms with Gasteiger partial charge in [0.25, 0.3) is 0 Å². The average Bonchev–Trinajstić information content (AvgIpc) is 2.69. The van der Waals surface area contributed by atoms with E-state index in [1.165, 1.54) is 12.1 Å². The SMILES string of the molecule is O=C(Nc1ccc(CC(=O)N2CCC(O)CC2)cc1)Nc1ccc(C(F)(F)F)cc1. The lowest BCUT2D eigenvalue weighted by Crippen LogP contribution is -2.40. The molecule has 2 aromatic carbocycles. The number of rotatable bonds is 4. The minimum atomic E-state index is -4.43. The van der Waals surface area contributed by atoms with Crippen molar-refractivity contribution in [3.05, 3.63) is 59.7 Å². The van der Waals surface area contributed by atoms with Crippen molar-refractivity contribution in [3.63, 3.8) is 0 Å². The number of likely N-dealkylation sites (tertiary alicyclic amines) is 1. The highest BCUT2D eigenvalue weighted by Crippen LogP contribution is 2.29. The van der Waals surface area contributed by atoms with E-state index in [2.05, 4.69) is 10.6 Å². The Labute approximate surface area is 171 Å². The number of alkyl halides is 3. The van der Waals surface area contributed by atoms with Crippen LogP contribution in [0.15, 0.2) is 48.5 Å². The van der Waals surface area contributed by atoms with E-state index < -0.39 is 17.8 Å². The first kappa shape index (κ1) is 21.6. The Kier molecular flexibility index (Phi) is 6.61. The number of carbonyl (C=O) groups is 2. The van der Waals surface area contributed by atoms with E-state index >= 15 is 0 Å². The molecule has 1 heterocycles. The lowest BCUT2D eigenvalue weighted by Gasteiger charge is -2.29. The molecule has 0 aliphatic carbocycles. The molecule has 9 heteroatoms. The number of piperidine rings is 1. The van der Waals surface area contributed by atoms with Crippen LogP contribution in [0.25, 0.3) is 0 Å². The zero-order valence-corrected chi connectivity index (χ0v) is 16.1. The monoisotopic (exact) mass is 421 g/mol. The van der Waals surface area contributed by atoms with E-state index in [4.69, 9.17) is 0 Å². The fraction of sp³-hybridized carbons (Fsp3) is 0.333. The first-order chi connectivity index (χ1) is 14.2. The fourth-order valence-corrected chi connectivity index (χ4v) is 3.14. The van der Waals surface area contributed by atoms with Crippen molar-refractivity contribution in [2.45, 2.75) is 31.5 Å². The van der Waals surface area contributed by atoms with Crippen molar-refractivity contribution >= 4 is 23.3 Å². The van der Waals surface area contributed by atoms with Crippen molar-refractivity contribution in [2.75, 3.05) is 23.7 Å². The summed E-state index contributed by atoms with van der Waals surface area (Å²) in [4.78, 5) is 26.1. The Morgan fingerprint density at radius 3 is 1.93 bits per heavy atom. The molecule has 1 fully saturated rings. The fourth-order valence-electron chi connectivity index (χ4n) is 3.14. The Balaban J connectivity index is 1.50. The number of hydrogen-bond acceptors (Lipinski definition) is 3.